The highest BCUT2D eigenvalue weighted by atomic mass is 32.2. The minimum Gasteiger partial charge on any atom is -0.383 e. The lowest BCUT2D eigenvalue weighted by Gasteiger charge is -2.12. The van der Waals surface area contributed by atoms with Crippen molar-refractivity contribution in [1.29, 1.82) is 0 Å². The van der Waals surface area contributed by atoms with E-state index in [1.165, 1.54) is 19.2 Å². The highest BCUT2D eigenvalue weighted by Crippen LogP contribution is 2.19. The van der Waals surface area contributed by atoms with Gasteiger partial charge in [-0.3, -0.25) is 0 Å². The topological polar surface area (TPSA) is 71.2 Å². The van der Waals surface area contributed by atoms with Gasteiger partial charge in [0, 0.05) is 30.8 Å². The van der Waals surface area contributed by atoms with Crippen molar-refractivity contribution in [3.8, 4) is 0 Å². The number of aromatic amines is 1. The molecule has 1 aromatic heterocycles. The first-order chi connectivity index (χ1) is 9.94. The lowest BCUT2D eigenvalue weighted by molar-refractivity contribution is 0.200. The molecule has 2 rings (SSSR count). The van der Waals surface area contributed by atoms with E-state index in [1.54, 1.807) is 19.2 Å². The van der Waals surface area contributed by atoms with Crippen LogP contribution in [0.2, 0.25) is 0 Å². The summed E-state index contributed by atoms with van der Waals surface area (Å²) >= 11 is 0. The minimum absolute atomic E-state index is 0.146. The summed E-state index contributed by atoms with van der Waals surface area (Å²) in [5, 5.41) is 0.169. The molecule has 0 aliphatic heterocycles. The summed E-state index contributed by atoms with van der Waals surface area (Å²) in [5.74, 6) is -0.308. The van der Waals surface area contributed by atoms with Gasteiger partial charge in [-0.2, -0.15) is 0 Å². The molecule has 0 amide bonds. The maximum atomic E-state index is 13.3. The molecule has 1 heterocycles. The highest BCUT2D eigenvalue weighted by Gasteiger charge is 2.19. The lowest BCUT2D eigenvalue weighted by atomic mass is 10.1. The predicted octanol–water partition coefficient (Wildman–Crippen LogP) is 1.80. The van der Waals surface area contributed by atoms with Gasteiger partial charge in [-0.05, 0) is 37.1 Å². The molecule has 0 spiro atoms. The van der Waals surface area contributed by atoms with E-state index in [0.29, 0.717) is 6.42 Å². The van der Waals surface area contributed by atoms with Crippen LogP contribution in [0.5, 0.6) is 0 Å². The van der Waals surface area contributed by atoms with E-state index >= 15 is 0 Å². The van der Waals surface area contributed by atoms with Gasteiger partial charge in [0.1, 0.15) is 5.82 Å². The Morgan fingerprint density at radius 1 is 1.43 bits per heavy atom. The molecule has 0 bridgehead atoms. The fourth-order valence-corrected chi connectivity index (χ4v) is 3.14. The molecule has 2 N–H and O–H groups in total. The van der Waals surface area contributed by atoms with E-state index in [-0.39, 0.29) is 19.0 Å². The first kappa shape index (κ1) is 15.9. The quantitative estimate of drug-likeness (QED) is 0.818. The van der Waals surface area contributed by atoms with Crippen LogP contribution in [0.3, 0.4) is 0 Å². The van der Waals surface area contributed by atoms with Crippen molar-refractivity contribution in [2.75, 3.05) is 20.3 Å². The monoisotopic (exact) mass is 314 g/mol. The second kappa shape index (κ2) is 6.55. The molecule has 0 radical (unpaired) electrons. The molecule has 7 heteroatoms. The number of fused-ring (bicyclic) bond motifs is 1. The molecule has 116 valence electrons. The van der Waals surface area contributed by atoms with Gasteiger partial charge in [0.05, 0.1) is 11.9 Å². The summed E-state index contributed by atoms with van der Waals surface area (Å²) in [6.07, 6.45) is 2.26. The molecule has 5 nitrogen and oxygen atoms in total. The van der Waals surface area contributed by atoms with Crippen LogP contribution in [0.25, 0.3) is 10.9 Å². The van der Waals surface area contributed by atoms with Crippen molar-refractivity contribution in [2.45, 2.75) is 18.6 Å². The molecule has 0 unspecified atom stereocenters. The second-order valence-corrected chi connectivity index (χ2v) is 7.14. The number of aromatic nitrogens is 1. The molecule has 0 aliphatic rings. The number of hydrogen-bond donors (Lipinski definition) is 2. The molecule has 1 aromatic carbocycles. The molecule has 0 saturated carbocycles. The van der Waals surface area contributed by atoms with Crippen LogP contribution in [0.15, 0.2) is 24.4 Å². The van der Waals surface area contributed by atoms with Crippen LogP contribution in [-0.2, 0) is 21.2 Å². The number of nitrogens with one attached hydrogen (secondary N) is 2. The molecular weight excluding hydrogens is 295 g/mol. The van der Waals surface area contributed by atoms with Crippen LogP contribution < -0.4 is 4.72 Å². The van der Waals surface area contributed by atoms with Crippen molar-refractivity contribution >= 4 is 20.9 Å². The Hall–Kier alpha value is -1.44. The molecular formula is C14H19FN2O3S. The Kier molecular flexibility index (Phi) is 4.97. The summed E-state index contributed by atoms with van der Waals surface area (Å²) in [4.78, 5) is 3.04. The zero-order valence-corrected chi connectivity index (χ0v) is 12.8. The number of benzene rings is 1. The zero-order valence-electron chi connectivity index (χ0n) is 12.0. The Balaban J connectivity index is 2.01. The van der Waals surface area contributed by atoms with Crippen LogP contribution in [0.1, 0.15) is 12.5 Å². The zero-order chi connectivity index (χ0) is 15.5. The molecule has 21 heavy (non-hydrogen) atoms. The van der Waals surface area contributed by atoms with Gasteiger partial charge in [0.2, 0.25) is 10.0 Å². The van der Waals surface area contributed by atoms with Gasteiger partial charge in [0.25, 0.3) is 0 Å². The van der Waals surface area contributed by atoms with E-state index in [4.69, 9.17) is 4.74 Å². The summed E-state index contributed by atoms with van der Waals surface area (Å²) in [5.41, 5.74) is 1.72. The van der Waals surface area contributed by atoms with Crippen LogP contribution in [0, 0.1) is 5.82 Å². The highest BCUT2D eigenvalue weighted by molar-refractivity contribution is 7.90. The maximum absolute atomic E-state index is 13.3. The first-order valence-corrected chi connectivity index (χ1v) is 8.21. The van der Waals surface area contributed by atoms with Crippen LogP contribution in [0.4, 0.5) is 4.39 Å². The molecule has 1 atom stereocenters. The van der Waals surface area contributed by atoms with Crippen LogP contribution >= 0.6 is 0 Å². The fraction of sp³-hybridized carbons (Fsp3) is 0.429. The van der Waals surface area contributed by atoms with Crippen LogP contribution in [-0.4, -0.2) is 38.9 Å². The normalized spacial score (nSPS) is 13.7. The third kappa shape index (κ3) is 3.81. The van der Waals surface area contributed by atoms with Crippen molar-refractivity contribution in [1.82, 2.24) is 9.71 Å². The number of hydrogen-bond acceptors (Lipinski definition) is 3. The summed E-state index contributed by atoms with van der Waals surface area (Å²) in [6, 6.07) is 4.50. The average Bonchev–Trinajstić information content (AvgIpc) is 2.81. The third-order valence-electron chi connectivity index (χ3n) is 3.36. The van der Waals surface area contributed by atoms with E-state index in [2.05, 4.69) is 9.71 Å². The van der Waals surface area contributed by atoms with E-state index < -0.39 is 15.3 Å². The lowest BCUT2D eigenvalue weighted by Crippen LogP contribution is -2.36. The number of rotatable bonds is 7. The standard InChI is InChI=1S/C14H19FN2O3S/c1-10(9-20-2)21(18,19)17-6-5-11-8-16-14-4-3-12(15)7-13(11)14/h3-4,7-8,10,16-17H,5-6,9H2,1-2H3/t10-/m1/s1. The maximum Gasteiger partial charge on any atom is 0.216 e. The Bertz CT molecular complexity index is 712. The molecule has 0 aliphatic carbocycles. The second-order valence-electron chi connectivity index (χ2n) is 4.96. The van der Waals surface area contributed by atoms with Crippen molar-refractivity contribution in [3.05, 3.63) is 35.8 Å². The third-order valence-corrected chi connectivity index (χ3v) is 5.16. The molecule has 2 aromatic rings. The van der Waals surface area contributed by atoms with E-state index in [0.717, 1.165) is 16.5 Å². The Labute approximate surface area is 123 Å². The van der Waals surface area contributed by atoms with Gasteiger partial charge in [-0.25, -0.2) is 17.5 Å². The van der Waals surface area contributed by atoms with Gasteiger partial charge in [-0.1, -0.05) is 0 Å². The largest absolute Gasteiger partial charge is 0.383 e. The molecule has 0 fully saturated rings. The summed E-state index contributed by atoms with van der Waals surface area (Å²) in [7, 11) is -1.93. The van der Waals surface area contributed by atoms with Gasteiger partial charge in [0.15, 0.2) is 0 Å². The summed E-state index contributed by atoms with van der Waals surface area (Å²) in [6.45, 7) is 2.00. The first-order valence-electron chi connectivity index (χ1n) is 6.67. The van der Waals surface area contributed by atoms with Gasteiger partial charge in [-0.15, -0.1) is 0 Å². The smallest absolute Gasteiger partial charge is 0.216 e. The minimum atomic E-state index is -3.40. The fourth-order valence-electron chi connectivity index (χ4n) is 2.15. The number of ether oxygens (including phenoxy) is 1. The van der Waals surface area contributed by atoms with E-state index in [1.807, 2.05) is 0 Å². The average molecular weight is 314 g/mol. The number of sulfonamides is 1. The predicted molar refractivity (Wildman–Crippen MR) is 80.2 cm³/mol. The number of halogens is 1. The number of methoxy groups -OCH3 is 1. The van der Waals surface area contributed by atoms with Crippen molar-refractivity contribution in [2.24, 2.45) is 0 Å². The summed E-state index contributed by atoms with van der Waals surface area (Å²) < 4.78 is 44.5. The van der Waals surface area contributed by atoms with Gasteiger partial charge >= 0.3 is 0 Å². The van der Waals surface area contributed by atoms with E-state index in [9.17, 15) is 12.8 Å². The number of H-pyrrole nitrogens is 1. The Morgan fingerprint density at radius 3 is 2.90 bits per heavy atom. The van der Waals surface area contributed by atoms with Gasteiger partial charge < -0.3 is 9.72 Å². The Morgan fingerprint density at radius 2 is 2.19 bits per heavy atom. The molecule has 0 saturated heterocycles. The van der Waals surface area contributed by atoms with Crippen molar-refractivity contribution < 1.29 is 17.5 Å². The SMILES string of the molecule is COC[C@@H](C)S(=O)(=O)NCCc1c[nH]c2ccc(F)cc12. The van der Waals surface area contributed by atoms with Crippen molar-refractivity contribution in [3.63, 3.8) is 0 Å².